The molecule has 136 valence electrons. The molecule has 0 fully saturated rings. The maximum Gasteiger partial charge on any atom is 0.340 e. The molecule has 1 amide bonds. The molecule has 0 bridgehead atoms. The second-order valence-electron chi connectivity index (χ2n) is 5.63. The maximum absolute atomic E-state index is 12.4. The van der Waals surface area contributed by atoms with E-state index in [2.05, 4.69) is 15.4 Å². The molecule has 0 radical (unpaired) electrons. The molecule has 1 N–H and O–H groups in total. The summed E-state index contributed by atoms with van der Waals surface area (Å²) in [5, 5.41) is 8.13. The van der Waals surface area contributed by atoms with Crippen LogP contribution in [-0.2, 0) is 18.3 Å². The molecule has 3 rings (SSSR count). The highest BCUT2D eigenvalue weighted by atomic mass is 32.2. The van der Waals surface area contributed by atoms with Crippen molar-refractivity contribution >= 4 is 34.6 Å². The molecule has 0 aliphatic carbocycles. The van der Waals surface area contributed by atoms with E-state index in [0.29, 0.717) is 33.6 Å². The SMILES string of the molecule is COc1ccc2c(C)c(CC(=O)Nc3nc(SC)nn3C)c(=O)oc2c1. The third-order valence-electron chi connectivity index (χ3n) is 4.01. The lowest BCUT2D eigenvalue weighted by molar-refractivity contribution is -0.115. The molecular weight excluding hydrogens is 356 g/mol. The number of hydrogen-bond acceptors (Lipinski definition) is 7. The number of methoxy groups -OCH3 is 1. The highest BCUT2D eigenvalue weighted by Crippen LogP contribution is 2.24. The summed E-state index contributed by atoms with van der Waals surface area (Å²) in [5.41, 5.74) is 0.902. The Bertz CT molecular complexity index is 1040. The topological polar surface area (TPSA) is 99.2 Å². The Morgan fingerprint density at radius 2 is 2.19 bits per heavy atom. The van der Waals surface area contributed by atoms with Crippen LogP contribution in [0.3, 0.4) is 0 Å². The molecule has 3 aromatic rings. The van der Waals surface area contributed by atoms with E-state index in [4.69, 9.17) is 9.15 Å². The Hall–Kier alpha value is -2.81. The van der Waals surface area contributed by atoms with Crippen LogP contribution in [0.15, 0.2) is 32.6 Å². The van der Waals surface area contributed by atoms with Crippen molar-refractivity contribution in [3.63, 3.8) is 0 Å². The van der Waals surface area contributed by atoms with Gasteiger partial charge in [-0.15, -0.1) is 5.10 Å². The Balaban J connectivity index is 1.89. The fraction of sp³-hybridized carbons (Fsp3) is 0.294. The molecule has 8 nitrogen and oxygen atoms in total. The zero-order valence-electron chi connectivity index (χ0n) is 14.8. The van der Waals surface area contributed by atoms with Gasteiger partial charge in [-0.05, 0) is 30.9 Å². The monoisotopic (exact) mass is 374 g/mol. The molecule has 0 spiro atoms. The van der Waals surface area contributed by atoms with Crippen molar-refractivity contribution in [3.05, 3.63) is 39.7 Å². The van der Waals surface area contributed by atoms with Crippen LogP contribution in [0.2, 0.25) is 0 Å². The Morgan fingerprint density at radius 1 is 1.42 bits per heavy atom. The summed E-state index contributed by atoms with van der Waals surface area (Å²) in [6.45, 7) is 1.79. The van der Waals surface area contributed by atoms with Gasteiger partial charge in [-0.3, -0.25) is 10.1 Å². The standard InChI is InChI=1S/C17H18N4O4S/c1-9-11-6-5-10(24-3)7-13(11)25-15(23)12(9)8-14(22)18-16-19-17(26-4)20-21(16)2/h5-7H,8H2,1-4H3,(H,18,19,20,22). The smallest absolute Gasteiger partial charge is 0.340 e. The minimum Gasteiger partial charge on any atom is -0.497 e. The van der Waals surface area contributed by atoms with Gasteiger partial charge in [0.2, 0.25) is 17.0 Å². The van der Waals surface area contributed by atoms with Crippen LogP contribution >= 0.6 is 11.8 Å². The third kappa shape index (κ3) is 3.43. The van der Waals surface area contributed by atoms with Crippen molar-refractivity contribution in [1.82, 2.24) is 14.8 Å². The van der Waals surface area contributed by atoms with E-state index in [-0.39, 0.29) is 12.3 Å². The number of rotatable bonds is 5. The van der Waals surface area contributed by atoms with Crippen LogP contribution < -0.4 is 15.7 Å². The molecular formula is C17H18N4O4S. The van der Waals surface area contributed by atoms with Crippen LogP contribution in [0.1, 0.15) is 11.1 Å². The summed E-state index contributed by atoms with van der Waals surface area (Å²) in [6.07, 6.45) is 1.73. The lowest BCUT2D eigenvalue weighted by atomic mass is 10.0. The van der Waals surface area contributed by atoms with Crippen LogP contribution in [0.5, 0.6) is 5.75 Å². The number of carbonyl (C=O) groups excluding carboxylic acids is 1. The molecule has 0 saturated carbocycles. The van der Waals surface area contributed by atoms with Gasteiger partial charge in [0.05, 0.1) is 19.1 Å². The second kappa shape index (κ2) is 7.20. The van der Waals surface area contributed by atoms with Crippen molar-refractivity contribution in [2.45, 2.75) is 18.5 Å². The number of nitrogens with one attached hydrogen (secondary N) is 1. The van der Waals surface area contributed by atoms with E-state index in [1.807, 2.05) is 6.26 Å². The van der Waals surface area contributed by atoms with Gasteiger partial charge in [0.1, 0.15) is 11.3 Å². The molecule has 2 heterocycles. The van der Waals surface area contributed by atoms with Gasteiger partial charge in [-0.2, -0.15) is 4.98 Å². The maximum atomic E-state index is 12.4. The van der Waals surface area contributed by atoms with Crippen LogP contribution in [0.4, 0.5) is 5.95 Å². The molecule has 1 aromatic carbocycles. The number of fused-ring (bicyclic) bond motifs is 1. The van der Waals surface area contributed by atoms with Gasteiger partial charge in [-0.25, -0.2) is 9.48 Å². The molecule has 0 atom stereocenters. The fourth-order valence-electron chi connectivity index (χ4n) is 2.59. The number of anilines is 1. The Kier molecular flexibility index (Phi) is 4.99. The van der Waals surface area contributed by atoms with Crippen molar-refractivity contribution in [3.8, 4) is 5.75 Å². The molecule has 2 aromatic heterocycles. The van der Waals surface area contributed by atoms with Crippen molar-refractivity contribution in [2.24, 2.45) is 7.05 Å². The number of hydrogen-bond donors (Lipinski definition) is 1. The first kappa shape index (κ1) is 18.0. The number of nitrogens with zero attached hydrogens (tertiary/aromatic N) is 3. The summed E-state index contributed by atoms with van der Waals surface area (Å²) in [5.74, 6) is 0.556. The Morgan fingerprint density at radius 3 is 2.85 bits per heavy atom. The normalized spacial score (nSPS) is 10.9. The van der Waals surface area contributed by atoms with E-state index in [1.54, 1.807) is 39.3 Å². The highest BCUT2D eigenvalue weighted by molar-refractivity contribution is 7.98. The minimum absolute atomic E-state index is 0.113. The van der Waals surface area contributed by atoms with Gasteiger partial charge in [0.15, 0.2) is 0 Å². The molecule has 9 heteroatoms. The van der Waals surface area contributed by atoms with Gasteiger partial charge >= 0.3 is 5.63 Å². The predicted molar refractivity (Wildman–Crippen MR) is 98.9 cm³/mol. The first-order valence-electron chi connectivity index (χ1n) is 7.78. The average Bonchev–Trinajstić information content (AvgIpc) is 2.97. The number of carbonyl (C=O) groups is 1. The highest BCUT2D eigenvalue weighted by Gasteiger charge is 2.17. The summed E-state index contributed by atoms with van der Waals surface area (Å²) < 4.78 is 12.0. The summed E-state index contributed by atoms with van der Waals surface area (Å²) in [7, 11) is 3.23. The second-order valence-corrected chi connectivity index (χ2v) is 6.40. The van der Waals surface area contributed by atoms with Gasteiger partial charge in [0, 0.05) is 18.5 Å². The molecule has 0 unspecified atom stereocenters. The number of ether oxygens (including phenoxy) is 1. The van der Waals surface area contributed by atoms with Gasteiger partial charge < -0.3 is 9.15 Å². The van der Waals surface area contributed by atoms with Gasteiger partial charge in [-0.1, -0.05) is 11.8 Å². The minimum atomic E-state index is -0.541. The first-order valence-corrected chi connectivity index (χ1v) is 9.00. The van der Waals surface area contributed by atoms with Crippen molar-refractivity contribution in [1.29, 1.82) is 0 Å². The van der Waals surface area contributed by atoms with Crippen molar-refractivity contribution in [2.75, 3.05) is 18.7 Å². The van der Waals surface area contributed by atoms with E-state index in [9.17, 15) is 9.59 Å². The molecule has 0 aliphatic rings. The average molecular weight is 374 g/mol. The lowest BCUT2D eigenvalue weighted by Crippen LogP contribution is -2.22. The Labute approximate surface area is 153 Å². The summed E-state index contributed by atoms with van der Waals surface area (Å²) >= 11 is 1.37. The quantitative estimate of drug-likeness (QED) is 0.539. The van der Waals surface area contributed by atoms with Crippen LogP contribution in [-0.4, -0.2) is 34.0 Å². The predicted octanol–water partition coefficient (Wildman–Crippen LogP) is 2.14. The number of aryl methyl sites for hydroxylation is 2. The summed E-state index contributed by atoms with van der Waals surface area (Å²) in [6, 6.07) is 5.24. The fourth-order valence-corrected chi connectivity index (χ4v) is 2.97. The van der Waals surface area contributed by atoms with Crippen molar-refractivity contribution < 1.29 is 13.9 Å². The largest absolute Gasteiger partial charge is 0.497 e. The zero-order valence-corrected chi connectivity index (χ0v) is 15.6. The van der Waals surface area contributed by atoms with E-state index < -0.39 is 5.63 Å². The number of amides is 1. The number of benzene rings is 1. The van der Waals surface area contributed by atoms with E-state index in [0.717, 1.165) is 5.39 Å². The summed E-state index contributed by atoms with van der Waals surface area (Å²) in [4.78, 5) is 28.9. The number of aromatic nitrogens is 3. The lowest BCUT2D eigenvalue weighted by Gasteiger charge is -2.09. The van der Waals surface area contributed by atoms with Gasteiger partial charge in [0.25, 0.3) is 0 Å². The third-order valence-corrected chi connectivity index (χ3v) is 4.55. The van der Waals surface area contributed by atoms with Crippen LogP contribution in [0, 0.1) is 6.92 Å². The van der Waals surface area contributed by atoms with E-state index >= 15 is 0 Å². The van der Waals surface area contributed by atoms with E-state index in [1.165, 1.54) is 16.4 Å². The zero-order chi connectivity index (χ0) is 18.8. The molecule has 26 heavy (non-hydrogen) atoms. The number of thioether (sulfide) groups is 1. The molecule has 0 aliphatic heterocycles. The van der Waals surface area contributed by atoms with Crippen LogP contribution in [0.25, 0.3) is 11.0 Å². The first-order chi connectivity index (χ1) is 12.4. The molecule has 0 saturated heterocycles.